The normalized spacial score (nSPS) is 15.6. The van der Waals surface area contributed by atoms with Crippen molar-refractivity contribution in [2.75, 3.05) is 33.3 Å². The molecule has 1 saturated heterocycles. The predicted octanol–water partition coefficient (Wildman–Crippen LogP) is 3.37. The van der Waals surface area contributed by atoms with E-state index in [1.165, 1.54) is 11.1 Å². The summed E-state index contributed by atoms with van der Waals surface area (Å²) in [5, 5.41) is 4.13. The molecule has 2 aromatic carbocycles. The van der Waals surface area contributed by atoms with E-state index in [0.717, 1.165) is 44.0 Å². The Kier molecular flexibility index (Phi) is 5.69. The standard InChI is InChI=1S/C22H26N4O2/c1-17-6-8-19(9-7-17)22-23-21(28-24-22)16-26-12-10-25(11-13-26)15-18-4-3-5-20(14-18)27-2/h3-9,14H,10-13,15-16H2,1-2H3. The summed E-state index contributed by atoms with van der Waals surface area (Å²) in [6.45, 7) is 7.75. The molecule has 1 aliphatic heterocycles. The highest BCUT2D eigenvalue weighted by molar-refractivity contribution is 5.54. The molecule has 146 valence electrons. The first-order valence-corrected chi connectivity index (χ1v) is 9.67. The first-order chi connectivity index (χ1) is 13.7. The topological polar surface area (TPSA) is 54.6 Å². The van der Waals surface area contributed by atoms with Crippen LogP contribution < -0.4 is 4.74 Å². The molecule has 0 saturated carbocycles. The van der Waals surface area contributed by atoms with Gasteiger partial charge in [-0.05, 0) is 24.6 Å². The molecule has 0 spiro atoms. The van der Waals surface area contributed by atoms with Gasteiger partial charge in [0.15, 0.2) is 0 Å². The van der Waals surface area contributed by atoms with Crippen LogP contribution in [0.5, 0.6) is 5.75 Å². The summed E-state index contributed by atoms with van der Waals surface area (Å²) >= 11 is 0. The molecule has 6 heteroatoms. The minimum absolute atomic E-state index is 0.659. The zero-order valence-corrected chi connectivity index (χ0v) is 16.5. The molecule has 0 N–H and O–H groups in total. The maximum absolute atomic E-state index is 5.47. The second kappa shape index (κ2) is 8.54. The van der Waals surface area contributed by atoms with Gasteiger partial charge < -0.3 is 9.26 Å². The number of benzene rings is 2. The second-order valence-corrected chi connectivity index (χ2v) is 7.28. The molecule has 0 atom stereocenters. The molecule has 2 heterocycles. The van der Waals surface area contributed by atoms with Crippen LogP contribution in [0.1, 0.15) is 17.0 Å². The Labute approximate surface area is 165 Å². The summed E-state index contributed by atoms with van der Waals surface area (Å²) in [6.07, 6.45) is 0. The number of rotatable bonds is 6. The van der Waals surface area contributed by atoms with Crippen LogP contribution in [0, 0.1) is 6.92 Å². The third kappa shape index (κ3) is 4.58. The van der Waals surface area contributed by atoms with Crippen LogP contribution in [0.4, 0.5) is 0 Å². The van der Waals surface area contributed by atoms with Gasteiger partial charge in [-0.3, -0.25) is 9.80 Å². The van der Waals surface area contributed by atoms with E-state index >= 15 is 0 Å². The van der Waals surface area contributed by atoms with Crippen LogP contribution in [0.25, 0.3) is 11.4 Å². The number of nitrogens with zero attached hydrogens (tertiary/aromatic N) is 4. The average molecular weight is 378 g/mol. The Bertz CT molecular complexity index is 899. The van der Waals surface area contributed by atoms with Crippen molar-refractivity contribution in [3.05, 3.63) is 65.5 Å². The molecular formula is C22H26N4O2. The Balaban J connectivity index is 1.29. The first kappa shape index (κ1) is 18.7. The molecule has 6 nitrogen and oxygen atoms in total. The van der Waals surface area contributed by atoms with Crippen LogP contribution >= 0.6 is 0 Å². The van der Waals surface area contributed by atoms with Crippen molar-refractivity contribution in [1.29, 1.82) is 0 Å². The van der Waals surface area contributed by atoms with E-state index in [1.54, 1.807) is 7.11 Å². The zero-order valence-electron chi connectivity index (χ0n) is 16.5. The Morgan fingerprint density at radius 3 is 2.39 bits per heavy atom. The lowest BCUT2D eigenvalue weighted by Crippen LogP contribution is -2.45. The summed E-state index contributed by atoms with van der Waals surface area (Å²) in [5.41, 5.74) is 3.50. The fourth-order valence-corrected chi connectivity index (χ4v) is 3.46. The smallest absolute Gasteiger partial charge is 0.241 e. The van der Waals surface area contributed by atoms with Crippen LogP contribution in [-0.2, 0) is 13.1 Å². The summed E-state index contributed by atoms with van der Waals surface area (Å²) < 4.78 is 10.8. The van der Waals surface area contributed by atoms with Crippen LogP contribution in [0.15, 0.2) is 53.1 Å². The van der Waals surface area contributed by atoms with Crippen LogP contribution in [0.2, 0.25) is 0 Å². The highest BCUT2D eigenvalue weighted by Gasteiger charge is 2.19. The summed E-state index contributed by atoms with van der Waals surface area (Å²) in [4.78, 5) is 9.40. The molecule has 1 aliphatic rings. The van der Waals surface area contributed by atoms with E-state index in [9.17, 15) is 0 Å². The molecular weight excluding hydrogens is 352 g/mol. The van der Waals surface area contributed by atoms with Crippen molar-refractivity contribution >= 4 is 0 Å². The monoisotopic (exact) mass is 378 g/mol. The molecule has 3 aromatic rings. The van der Waals surface area contributed by atoms with Gasteiger partial charge in [0.1, 0.15) is 5.75 Å². The molecule has 0 amide bonds. The number of aryl methyl sites for hydroxylation is 1. The fourth-order valence-electron chi connectivity index (χ4n) is 3.46. The molecule has 0 radical (unpaired) electrons. The number of methoxy groups -OCH3 is 1. The summed E-state index contributed by atoms with van der Waals surface area (Å²) in [7, 11) is 1.71. The molecule has 0 unspecified atom stereocenters. The van der Waals surface area contributed by atoms with Gasteiger partial charge in [-0.25, -0.2) is 0 Å². The van der Waals surface area contributed by atoms with Crippen molar-refractivity contribution in [1.82, 2.24) is 19.9 Å². The third-order valence-corrected chi connectivity index (χ3v) is 5.14. The summed E-state index contributed by atoms with van der Waals surface area (Å²) in [6, 6.07) is 16.5. The molecule has 1 aromatic heterocycles. The number of hydrogen-bond acceptors (Lipinski definition) is 6. The van der Waals surface area contributed by atoms with Crippen molar-refractivity contribution in [3.8, 4) is 17.1 Å². The van der Waals surface area contributed by atoms with E-state index < -0.39 is 0 Å². The number of ether oxygens (including phenoxy) is 1. The van der Waals surface area contributed by atoms with Crippen molar-refractivity contribution in [2.24, 2.45) is 0 Å². The summed E-state index contributed by atoms with van der Waals surface area (Å²) in [5.74, 6) is 2.25. The lowest BCUT2D eigenvalue weighted by Gasteiger charge is -2.33. The fraction of sp³-hybridized carbons (Fsp3) is 0.364. The lowest BCUT2D eigenvalue weighted by molar-refractivity contribution is 0.112. The minimum Gasteiger partial charge on any atom is -0.497 e. The maximum Gasteiger partial charge on any atom is 0.241 e. The highest BCUT2D eigenvalue weighted by Crippen LogP contribution is 2.18. The van der Waals surface area contributed by atoms with Gasteiger partial charge in [0.05, 0.1) is 13.7 Å². The second-order valence-electron chi connectivity index (χ2n) is 7.28. The third-order valence-electron chi connectivity index (χ3n) is 5.14. The van der Waals surface area contributed by atoms with Gasteiger partial charge in [0.2, 0.25) is 11.7 Å². The average Bonchev–Trinajstić information content (AvgIpc) is 3.19. The van der Waals surface area contributed by atoms with E-state index in [0.29, 0.717) is 18.3 Å². The van der Waals surface area contributed by atoms with Gasteiger partial charge in [-0.15, -0.1) is 0 Å². The van der Waals surface area contributed by atoms with Gasteiger partial charge in [0, 0.05) is 38.3 Å². The molecule has 1 fully saturated rings. The predicted molar refractivity (Wildman–Crippen MR) is 108 cm³/mol. The van der Waals surface area contributed by atoms with Gasteiger partial charge in [-0.2, -0.15) is 4.98 Å². The molecule has 4 rings (SSSR count). The Morgan fingerprint density at radius 2 is 1.68 bits per heavy atom. The molecule has 28 heavy (non-hydrogen) atoms. The lowest BCUT2D eigenvalue weighted by atomic mass is 10.1. The van der Waals surface area contributed by atoms with Crippen molar-refractivity contribution < 1.29 is 9.26 Å². The largest absolute Gasteiger partial charge is 0.497 e. The van der Waals surface area contributed by atoms with E-state index in [-0.39, 0.29) is 0 Å². The number of hydrogen-bond donors (Lipinski definition) is 0. The van der Waals surface area contributed by atoms with Gasteiger partial charge in [-0.1, -0.05) is 47.1 Å². The van der Waals surface area contributed by atoms with Gasteiger partial charge in [0.25, 0.3) is 0 Å². The van der Waals surface area contributed by atoms with Crippen molar-refractivity contribution in [2.45, 2.75) is 20.0 Å². The van der Waals surface area contributed by atoms with Gasteiger partial charge >= 0.3 is 0 Å². The van der Waals surface area contributed by atoms with E-state index in [2.05, 4.69) is 51.1 Å². The number of piperazine rings is 1. The number of aromatic nitrogens is 2. The quantitative estimate of drug-likeness (QED) is 0.656. The zero-order chi connectivity index (χ0) is 19.3. The minimum atomic E-state index is 0.659. The Morgan fingerprint density at radius 1 is 0.964 bits per heavy atom. The highest BCUT2D eigenvalue weighted by atomic mass is 16.5. The maximum atomic E-state index is 5.47. The van der Waals surface area contributed by atoms with E-state index in [1.807, 2.05) is 24.3 Å². The van der Waals surface area contributed by atoms with Crippen molar-refractivity contribution in [3.63, 3.8) is 0 Å². The van der Waals surface area contributed by atoms with Crippen LogP contribution in [0.3, 0.4) is 0 Å². The molecule has 0 bridgehead atoms. The van der Waals surface area contributed by atoms with E-state index in [4.69, 9.17) is 9.26 Å². The Hall–Kier alpha value is -2.70. The SMILES string of the molecule is COc1cccc(CN2CCN(Cc3nc(-c4ccc(C)cc4)no3)CC2)c1. The first-order valence-electron chi connectivity index (χ1n) is 9.67. The molecule has 0 aliphatic carbocycles. The van der Waals surface area contributed by atoms with Crippen LogP contribution in [-0.4, -0.2) is 53.2 Å².